The lowest BCUT2D eigenvalue weighted by Gasteiger charge is -2.26. The third-order valence-corrected chi connectivity index (χ3v) is 12.6. The molecule has 5 nitrogen and oxygen atoms in total. The van der Waals surface area contributed by atoms with Crippen LogP contribution in [0, 0.1) is 0 Å². The second-order valence-corrected chi connectivity index (χ2v) is 18.4. The van der Waals surface area contributed by atoms with Crippen molar-refractivity contribution in [2.24, 2.45) is 0 Å². The molecule has 0 aromatic rings. The van der Waals surface area contributed by atoms with Crippen LogP contribution in [0.1, 0.15) is 296 Å². The zero-order chi connectivity index (χ0) is 42.3. The summed E-state index contributed by atoms with van der Waals surface area (Å²) in [4.78, 5) is 12.4. The molecule has 0 rings (SSSR count). The molecule has 346 valence electrons. The number of rotatable bonds is 49. The lowest BCUT2D eigenvalue weighted by Crippen LogP contribution is -2.50. The van der Waals surface area contributed by atoms with E-state index in [1.54, 1.807) is 0 Å². The van der Waals surface area contributed by atoms with Crippen LogP contribution in [0.4, 0.5) is 0 Å². The number of hydrogen-bond donors (Lipinski definition) is 4. The molecule has 0 aliphatic carbocycles. The minimum absolute atomic E-state index is 0.149. The van der Waals surface area contributed by atoms with E-state index in [4.69, 9.17) is 0 Å². The SMILES string of the molecule is CCCCCCCC/C=C/CCCC(O)C(O)C(CO)NC(=O)CCCCCCCCCCCCCCCCCCCCCCCCCCCCCCCCCCC. The minimum Gasteiger partial charge on any atom is -0.394 e. The van der Waals surface area contributed by atoms with Gasteiger partial charge in [-0.1, -0.05) is 264 Å². The lowest BCUT2D eigenvalue weighted by molar-refractivity contribution is -0.124. The van der Waals surface area contributed by atoms with E-state index in [1.807, 2.05) is 0 Å². The zero-order valence-corrected chi connectivity index (χ0v) is 39.5. The maximum Gasteiger partial charge on any atom is 0.220 e. The molecule has 1 amide bonds. The van der Waals surface area contributed by atoms with Crippen molar-refractivity contribution >= 4 is 5.91 Å². The Morgan fingerprint density at radius 2 is 0.690 bits per heavy atom. The normalized spacial score (nSPS) is 13.4. The summed E-state index contributed by atoms with van der Waals surface area (Å²) in [5.41, 5.74) is 0. The first-order valence-electron chi connectivity index (χ1n) is 26.5. The van der Waals surface area contributed by atoms with Gasteiger partial charge in [0.1, 0.15) is 6.10 Å². The molecule has 0 radical (unpaired) electrons. The Morgan fingerprint density at radius 3 is 1.00 bits per heavy atom. The lowest BCUT2D eigenvalue weighted by atomic mass is 10.0. The van der Waals surface area contributed by atoms with Gasteiger partial charge in [0.25, 0.3) is 0 Å². The Labute approximate surface area is 363 Å². The van der Waals surface area contributed by atoms with Crippen molar-refractivity contribution in [3.05, 3.63) is 12.2 Å². The van der Waals surface area contributed by atoms with Gasteiger partial charge in [0.15, 0.2) is 0 Å². The van der Waals surface area contributed by atoms with E-state index in [2.05, 4.69) is 31.3 Å². The number of amides is 1. The summed E-state index contributed by atoms with van der Waals surface area (Å²) in [5, 5.41) is 33.5. The van der Waals surface area contributed by atoms with Crippen molar-refractivity contribution in [2.75, 3.05) is 6.61 Å². The van der Waals surface area contributed by atoms with Crippen molar-refractivity contribution in [1.29, 1.82) is 0 Å². The number of aliphatic hydroxyl groups is 3. The molecule has 58 heavy (non-hydrogen) atoms. The number of allylic oxidation sites excluding steroid dienone is 2. The van der Waals surface area contributed by atoms with E-state index in [1.165, 1.54) is 231 Å². The number of carbonyl (C=O) groups is 1. The number of unbranched alkanes of at least 4 members (excludes halogenated alkanes) is 39. The van der Waals surface area contributed by atoms with E-state index < -0.39 is 18.2 Å². The van der Waals surface area contributed by atoms with Gasteiger partial charge in [-0.3, -0.25) is 4.79 Å². The topological polar surface area (TPSA) is 89.8 Å². The van der Waals surface area contributed by atoms with Gasteiger partial charge in [-0.2, -0.15) is 0 Å². The number of carbonyl (C=O) groups excluding carboxylic acids is 1. The molecule has 3 unspecified atom stereocenters. The molecule has 0 spiro atoms. The van der Waals surface area contributed by atoms with Gasteiger partial charge >= 0.3 is 0 Å². The molecule has 3 atom stereocenters. The summed E-state index contributed by atoms with van der Waals surface area (Å²) < 4.78 is 0. The molecular formula is C53H105NO4. The van der Waals surface area contributed by atoms with Gasteiger partial charge < -0.3 is 20.6 Å². The molecule has 0 fully saturated rings. The fraction of sp³-hybridized carbons (Fsp3) is 0.943. The third-order valence-electron chi connectivity index (χ3n) is 12.6. The van der Waals surface area contributed by atoms with E-state index in [-0.39, 0.29) is 12.5 Å². The molecule has 0 aliphatic rings. The van der Waals surface area contributed by atoms with Crippen LogP contribution < -0.4 is 5.32 Å². The standard InChI is InChI=1S/C53H105NO4/c1-3-5-7-9-11-13-15-16-17-18-19-20-21-22-23-24-25-26-27-28-29-30-31-32-33-34-35-36-38-40-42-44-46-48-52(57)54-50(49-55)53(58)51(56)47-45-43-41-39-37-14-12-10-8-6-4-2/h39,41,50-51,53,55-56,58H,3-38,40,42-49H2,1-2H3,(H,54,57)/b41-39+. The Morgan fingerprint density at radius 1 is 0.414 bits per heavy atom. The Hall–Kier alpha value is -0.910. The van der Waals surface area contributed by atoms with Crippen LogP contribution in [-0.2, 0) is 4.79 Å². The summed E-state index contributed by atoms with van der Waals surface area (Å²) in [6, 6.07) is -0.820. The van der Waals surface area contributed by atoms with Crippen LogP contribution in [0.3, 0.4) is 0 Å². The maximum atomic E-state index is 12.4. The van der Waals surface area contributed by atoms with Gasteiger partial charge in [-0.25, -0.2) is 0 Å². The van der Waals surface area contributed by atoms with Crippen LogP contribution in [0.2, 0.25) is 0 Å². The summed E-state index contributed by atoms with van der Waals surface area (Å²) >= 11 is 0. The second-order valence-electron chi connectivity index (χ2n) is 18.4. The van der Waals surface area contributed by atoms with Crippen LogP contribution in [0.25, 0.3) is 0 Å². The van der Waals surface area contributed by atoms with Crippen LogP contribution in [0.15, 0.2) is 12.2 Å². The second kappa shape index (κ2) is 48.8. The van der Waals surface area contributed by atoms with Crippen molar-refractivity contribution in [3.8, 4) is 0 Å². The number of hydrogen-bond acceptors (Lipinski definition) is 4. The fourth-order valence-electron chi connectivity index (χ4n) is 8.52. The van der Waals surface area contributed by atoms with Crippen molar-refractivity contribution in [3.63, 3.8) is 0 Å². The molecule has 0 aromatic carbocycles. The largest absolute Gasteiger partial charge is 0.394 e. The van der Waals surface area contributed by atoms with Crippen molar-refractivity contribution in [1.82, 2.24) is 5.32 Å². The summed E-state index contributed by atoms with van der Waals surface area (Å²) in [7, 11) is 0. The monoisotopic (exact) mass is 820 g/mol. The van der Waals surface area contributed by atoms with Gasteiger partial charge in [-0.05, 0) is 38.5 Å². The summed E-state index contributed by atoms with van der Waals surface area (Å²) in [6.45, 7) is 4.17. The van der Waals surface area contributed by atoms with Gasteiger partial charge in [-0.15, -0.1) is 0 Å². The molecule has 0 aliphatic heterocycles. The molecule has 0 bridgehead atoms. The molecule has 0 saturated heterocycles. The predicted octanol–water partition coefficient (Wildman–Crippen LogP) is 15.9. The first-order valence-corrected chi connectivity index (χ1v) is 26.5. The van der Waals surface area contributed by atoms with Crippen molar-refractivity contribution in [2.45, 2.75) is 315 Å². The highest BCUT2D eigenvalue weighted by atomic mass is 16.3. The van der Waals surface area contributed by atoms with E-state index in [0.29, 0.717) is 12.8 Å². The smallest absolute Gasteiger partial charge is 0.220 e. The third kappa shape index (κ3) is 43.2. The van der Waals surface area contributed by atoms with Crippen LogP contribution in [-0.4, -0.2) is 46.1 Å². The molecule has 0 saturated carbocycles. The van der Waals surface area contributed by atoms with Gasteiger partial charge in [0.2, 0.25) is 5.91 Å². The average Bonchev–Trinajstić information content (AvgIpc) is 3.23. The first kappa shape index (κ1) is 57.1. The molecule has 5 heteroatoms. The highest BCUT2D eigenvalue weighted by molar-refractivity contribution is 5.76. The fourth-order valence-corrected chi connectivity index (χ4v) is 8.52. The molecular weight excluding hydrogens is 715 g/mol. The Kier molecular flexibility index (Phi) is 48.0. The molecule has 4 N–H and O–H groups in total. The first-order chi connectivity index (χ1) is 28.6. The van der Waals surface area contributed by atoms with Gasteiger partial charge in [0, 0.05) is 6.42 Å². The highest BCUT2D eigenvalue weighted by Gasteiger charge is 2.26. The van der Waals surface area contributed by atoms with E-state index in [0.717, 1.165) is 38.5 Å². The predicted molar refractivity (Wildman–Crippen MR) is 255 cm³/mol. The minimum atomic E-state index is -1.15. The van der Waals surface area contributed by atoms with Gasteiger partial charge in [0.05, 0.1) is 18.8 Å². The van der Waals surface area contributed by atoms with Crippen molar-refractivity contribution < 1.29 is 20.1 Å². The van der Waals surface area contributed by atoms with E-state index >= 15 is 0 Å². The zero-order valence-electron chi connectivity index (χ0n) is 39.5. The molecule has 0 aromatic heterocycles. The average molecular weight is 820 g/mol. The van der Waals surface area contributed by atoms with E-state index in [9.17, 15) is 20.1 Å². The van der Waals surface area contributed by atoms with Crippen LogP contribution >= 0.6 is 0 Å². The Bertz CT molecular complexity index is 818. The highest BCUT2D eigenvalue weighted by Crippen LogP contribution is 2.18. The number of aliphatic hydroxyl groups excluding tert-OH is 3. The molecule has 0 heterocycles. The van der Waals surface area contributed by atoms with Crippen LogP contribution in [0.5, 0.6) is 0 Å². The summed E-state index contributed by atoms with van der Waals surface area (Å²) in [5.74, 6) is -0.149. The quantitative estimate of drug-likeness (QED) is 0.0364. The summed E-state index contributed by atoms with van der Waals surface area (Å²) in [6.07, 6.45) is 59.5. The number of nitrogens with one attached hydrogen (secondary N) is 1. The Balaban J connectivity index is 3.43. The maximum absolute atomic E-state index is 12.4.